The second-order valence-corrected chi connectivity index (χ2v) is 7.05. The number of likely N-dealkylation sites (tertiary alicyclic amines) is 1. The lowest BCUT2D eigenvalue weighted by atomic mass is 9.97. The maximum atomic E-state index is 11.9. The van der Waals surface area contributed by atoms with E-state index in [4.69, 9.17) is 14.3 Å². The van der Waals surface area contributed by atoms with Crippen LogP contribution in [0.1, 0.15) is 64.6 Å². The summed E-state index contributed by atoms with van der Waals surface area (Å²) < 4.78 is 10.4. The average molecular weight is 507 g/mol. The van der Waals surface area contributed by atoms with E-state index in [1.807, 2.05) is 20.8 Å². The van der Waals surface area contributed by atoms with Crippen LogP contribution >= 0.6 is 24.0 Å². The lowest BCUT2D eigenvalue weighted by Crippen LogP contribution is -2.46. The summed E-state index contributed by atoms with van der Waals surface area (Å²) in [4.78, 5) is 23.2. The summed E-state index contributed by atoms with van der Waals surface area (Å²) in [5.74, 6) is 2.56. The second-order valence-electron chi connectivity index (χ2n) is 7.05. The highest BCUT2D eigenvalue weighted by Gasteiger charge is 2.27. The first-order valence-electron chi connectivity index (χ1n) is 10.1. The minimum absolute atomic E-state index is 0. The molecule has 0 amide bonds. The van der Waals surface area contributed by atoms with Crippen LogP contribution in [0.3, 0.4) is 0 Å². The molecule has 28 heavy (non-hydrogen) atoms. The summed E-state index contributed by atoms with van der Waals surface area (Å²) in [6, 6.07) is 0. The van der Waals surface area contributed by atoms with Gasteiger partial charge in [0, 0.05) is 38.5 Å². The van der Waals surface area contributed by atoms with Gasteiger partial charge >= 0.3 is 5.97 Å². The molecule has 2 heterocycles. The van der Waals surface area contributed by atoms with Gasteiger partial charge in [0.2, 0.25) is 5.89 Å². The number of aliphatic imine (C=N–C) groups is 1. The number of carbonyl (C=O) groups excluding carboxylic acids is 1. The first kappa shape index (κ1) is 24.6. The number of ether oxygens (including phenoxy) is 1. The van der Waals surface area contributed by atoms with Gasteiger partial charge in [0.15, 0.2) is 11.8 Å². The SMILES string of the molecule is CCNC(=NCCCc1nc(C(C)C)no1)N1CCC(C(=O)OCC)CC1.I. The molecule has 0 atom stereocenters. The number of halogens is 1. The lowest BCUT2D eigenvalue weighted by molar-refractivity contribution is -0.149. The van der Waals surface area contributed by atoms with Crippen LogP contribution in [0.5, 0.6) is 0 Å². The second kappa shape index (κ2) is 12.9. The fourth-order valence-corrected chi connectivity index (χ4v) is 3.03. The Morgan fingerprint density at radius 1 is 1.36 bits per heavy atom. The molecule has 8 nitrogen and oxygen atoms in total. The zero-order valence-electron chi connectivity index (χ0n) is 17.4. The molecule has 1 aliphatic heterocycles. The van der Waals surface area contributed by atoms with E-state index in [0.29, 0.717) is 19.0 Å². The van der Waals surface area contributed by atoms with Gasteiger partial charge in [-0.3, -0.25) is 9.79 Å². The largest absolute Gasteiger partial charge is 0.466 e. The van der Waals surface area contributed by atoms with E-state index in [1.54, 1.807) is 0 Å². The summed E-state index contributed by atoms with van der Waals surface area (Å²) in [5.41, 5.74) is 0. The average Bonchev–Trinajstić information content (AvgIpc) is 3.14. The molecule has 0 radical (unpaired) electrons. The summed E-state index contributed by atoms with van der Waals surface area (Å²) in [6.45, 7) is 11.6. The molecule has 0 aliphatic carbocycles. The number of esters is 1. The van der Waals surface area contributed by atoms with Gasteiger partial charge in [-0.05, 0) is 33.1 Å². The molecule has 0 bridgehead atoms. The molecule has 160 valence electrons. The standard InChI is InChI=1S/C19H33N5O3.HI/c1-5-20-19(24-12-9-15(10-13-24)18(25)26-6-2)21-11-7-8-16-22-17(14(3)4)23-27-16;/h14-15H,5-13H2,1-4H3,(H,20,21);1H. The number of carbonyl (C=O) groups is 1. The van der Waals surface area contributed by atoms with Gasteiger partial charge in [0.05, 0.1) is 12.5 Å². The highest BCUT2D eigenvalue weighted by molar-refractivity contribution is 14.0. The Morgan fingerprint density at radius 3 is 2.64 bits per heavy atom. The number of guanidine groups is 1. The summed E-state index contributed by atoms with van der Waals surface area (Å²) >= 11 is 0. The quantitative estimate of drug-likeness (QED) is 0.190. The Morgan fingerprint density at radius 2 is 2.07 bits per heavy atom. The summed E-state index contributed by atoms with van der Waals surface area (Å²) in [6.07, 6.45) is 3.20. The fraction of sp³-hybridized carbons (Fsp3) is 0.789. The first-order chi connectivity index (χ1) is 13.0. The van der Waals surface area contributed by atoms with Gasteiger partial charge in [-0.15, -0.1) is 24.0 Å². The molecule has 9 heteroatoms. The van der Waals surface area contributed by atoms with E-state index < -0.39 is 0 Å². The van der Waals surface area contributed by atoms with Crippen LogP contribution in [0.2, 0.25) is 0 Å². The number of rotatable bonds is 8. The number of nitrogens with zero attached hydrogens (tertiary/aromatic N) is 4. The third-order valence-electron chi connectivity index (χ3n) is 4.56. The smallest absolute Gasteiger partial charge is 0.309 e. The van der Waals surface area contributed by atoms with Gasteiger partial charge in [0.25, 0.3) is 0 Å². The van der Waals surface area contributed by atoms with Crippen molar-refractivity contribution in [2.75, 3.05) is 32.8 Å². The first-order valence-corrected chi connectivity index (χ1v) is 10.1. The van der Waals surface area contributed by atoms with Crippen LogP contribution < -0.4 is 5.32 Å². The molecule has 0 unspecified atom stereocenters. The third-order valence-corrected chi connectivity index (χ3v) is 4.56. The van der Waals surface area contributed by atoms with Crippen LogP contribution in [-0.2, 0) is 16.0 Å². The Hall–Kier alpha value is -1.39. The molecular weight excluding hydrogens is 473 g/mol. The van der Waals surface area contributed by atoms with Crippen molar-refractivity contribution in [3.05, 3.63) is 11.7 Å². The Labute approximate surface area is 184 Å². The van der Waals surface area contributed by atoms with Crippen molar-refractivity contribution in [2.45, 2.75) is 59.3 Å². The fourth-order valence-electron chi connectivity index (χ4n) is 3.03. The van der Waals surface area contributed by atoms with Crippen LogP contribution in [0, 0.1) is 5.92 Å². The van der Waals surface area contributed by atoms with Crippen molar-refractivity contribution in [3.8, 4) is 0 Å². The van der Waals surface area contributed by atoms with E-state index in [1.165, 1.54) is 0 Å². The third kappa shape index (κ3) is 7.56. The van der Waals surface area contributed by atoms with Crippen molar-refractivity contribution in [2.24, 2.45) is 10.9 Å². The molecule has 1 aromatic heterocycles. The van der Waals surface area contributed by atoms with E-state index in [9.17, 15) is 4.79 Å². The number of hydrogen-bond acceptors (Lipinski definition) is 6. The molecule has 0 aromatic carbocycles. The zero-order chi connectivity index (χ0) is 19.6. The normalized spacial score (nSPS) is 15.5. The monoisotopic (exact) mass is 507 g/mol. The van der Waals surface area contributed by atoms with E-state index in [2.05, 4.69) is 27.3 Å². The summed E-state index contributed by atoms with van der Waals surface area (Å²) in [7, 11) is 0. The van der Waals surface area contributed by atoms with Gasteiger partial charge in [-0.1, -0.05) is 19.0 Å². The van der Waals surface area contributed by atoms with Gasteiger partial charge in [0.1, 0.15) is 0 Å². The Bertz CT molecular complexity index is 612. The number of piperidine rings is 1. The minimum Gasteiger partial charge on any atom is -0.466 e. The minimum atomic E-state index is -0.0700. The molecule has 1 aliphatic rings. The van der Waals surface area contributed by atoms with Crippen molar-refractivity contribution in [3.63, 3.8) is 0 Å². The van der Waals surface area contributed by atoms with E-state index in [-0.39, 0.29) is 41.8 Å². The Balaban J connectivity index is 0.00000392. The number of aromatic nitrogens is 2. The van der Waals surface area contributed by atoms with Crippen molar-refractivity contribution in [1.29, 1.82) is 0 Å². The molecule has 1 saturated heterocycles. The van der Waals surface area contributed by atoms with Crippen LogP contribution in [0.25, 0.3) is 0 Å². The van der Waals surface area contributed by atoms with Crippen molar-refractivity contribution >= 4 is 35.9 Å². The Kier molecular flexibility index (Phi) is 11.4. The van der Waals surface area contributed by atoms with Crippen molar-refractivity contribution in [1.82, 2.24) is 20.4 Å². The molecule has 2 rings (SSSR count). The zero-order valence-corrected chi connectivity index (χ0v) is 19.8. The molecular formula is C19H34IN5O3. The van der Waals surface area contributed by atoms with Crippen LogP contribution in [0.4, 0.5) is 0 Å². The predicted molar refractivity (Wildman–Crippen MR) is 119 cm³/mol. The maximum absolute atomic E-state index is 11.9. The number of nitrogens with one attached hydrogen (secondary N) is 1. The highest BCUT2D eigenvalue weighted by atomic mass is 127. The number of hydrogen-bond donors (Lipinski definition) is 1. The van der Waals surface area contributed by atoms with Gasteiger partial charge in [-0.2, -0.15) is 4.98 Å². The molecule has 0 spiro atoms. The van der Waals surface area contributed by atoms with E-state index in [0.717, 1.165) is 57.1 Å². The van der Waals surface area contributed by atoms with Gasteiger partial charge < -0.3 is 19.5 Å². The maximum Gasteiger partial charge on any atom is 0.309 e. The lowest BCUT2D eigenvalue weighted by Gasteiger charge is -2.33. The molecule has 1 fully saturated rings. The number of aryl methyl sites for hydroxylation is 1. The molecule has 1 aromatic rings. The topological polar surface area (TPSA) is 92.9 Å². The summed E-state index contributed by atoms with van der Waals surface area (Å²) in [5, 5.41) is 7.33. The molecule has 0 saturated carbocycles. The van der Waals surface area contributed by atoms with Gasteiger partial charge in [-0.25, -0.2) is 0 Å². The molecule has 1 N–H and O–H groups in total. The van der Waals surface area contributed by atoms with Crippen LogP contribution in [0.15, 0.2) is 9.52 Å². The van der Waals surface area contributed by atoms with Crippen LogP contribution in [-0.4, -0.2) is 59.8 Å². The van der Waals surface area contributed by atoms with E-state index >= 15 is 0 Å². The highest BCUT2D eigenvalue weighted by Crippen LogP contribution is 2.19. The predicted octanol–water partition coefficient (Wildman–Crippen LogP) is 2.98. The van der Waals surface area contributed by atoms with Crippen molar-refractivity contribution < 1.29 is 14.1 Å².